The van der Waals surface area contributed by atoms with Gasteiger partial charge in [0.15, 0.2) is 11.5 Å². The first-order chi connectivity index (χ1) is 9.92. The van der Waals surface area contributed by atoms with Crippen LogP contribution in [0, 0.1) is 13.8 Å². The Hall–Kier alpha value is -2.69. The van der Waals surface area contributed by atoms with Gasteiger partial charge in [0.2, 0.25) is 0 Å². The van der Waals surface area contributed by atoms with Crippen LogP contribution in [0.1, 0.15) is 21.5 Å². The minimum absolute atomic E-state index is 0.0937. The van der Waals surface area contributed by atoms with E-state index in [1.54, 1.807) is 32.0 Å². The number of benzene rings is 2. The van der Waals surface area contributed by atoms with E-state index in [4.69, 9.17) is 4.74 Å². The molecular formula is C16H17NO4. The fourth-order valence-corrected chi connectivity index (χ4v) is 1.96. The van der Waals surface area contributed by atoms with Gasteiger partial charge in [-0.1, -0.05) is 0 Å². The summed E-state index contributed by atoms with van der Waals surface area (Å²) in [6, 6.07) is 7.73. The van der Waals surface area contributed by atoms with E-state index in [2.05, 4.69) is 5.32 Å². The summed E-state index contributed by atoms with van der Waals surface area (Å²) in [7, 11) is 1.44. The van der Waals surface area contributed by atoms with E-state index in [1.807, 2.05) is 0 Å². The Labute approximate surface area is 122 Å². The minimum Gasteiger partial charge on any atom is -0.508 e. The molecule has 0 bridgehead atoms. The Bertz CT molecular complexity index is 695. The molecule has 2 rings (SSSR count). The summed E-state index contributed by atoms with van der Waals surface area (Å²) >= 11 is 0. The smallest absolute Gasteiger partial charge is 0.255 e. The number of carbonyl (C=O) groups is 1. The van der Waals surface area contributed by atoms with Gasteiger partial charge in [0, 0.05) is 11.3 Å². The van der Waals surface area contributed by atoms with Gasteiger partial charge in [-0.15, -0.1) is 0 Å². The fourth-order valence-electron chi connectivity index (χ4n) is 1.96. The second-order valence-electron chi connectivity index (χ2n) is 4.79. The van der Waals surface area contributed by atoms with Gasteiger partial charge in [-0.3, -0.25) is 4.79 Å². The number of aromatic hydroxyl groups is 2. The highest BCUT2D eigenvalue weighted by atomic mass is 16.5. The number of rotatable bonds is 3. The van der Waals surface area contributed by atoms with Crippen LogP contribution in [0.5, 0.6) is 17.2 Å². The van der Waals surface area contributed by atoms with Crippen LogP contribution in [0.4, 0.5) is 5.69 Å². The van der Waals surface area contributed by atoms with Crippen LogP contribution < -0.4 is 10.1 Å². The summed E-state index contributed by atoms with van der Waals surface area (Å²) in [5.74, 6) is 0.0562. The molecule has 0 aromatic heterocycles. The zero-order valence-electron chi connectivity index (χ0n) is 12.1. The lowest BCUT2D eigenvalue weighted by molar-refractivity contribution is 0.102. The van der Waals surface area contributed by atoms with E-state index in [9.17, 15) is 15.0 Å². The van der Waals surface area contributed by atoms with Crippen molar-refractivity contribution in [2.24, 2.45) is 0 Å². The maximum absolute atomic E-state index is 12.2. The highest BCUT2D eigenvalue weighted by Gasteiger charge is 2.12. The molecule has 0 spiro atoms. The first kappa shape index (κ1) is 14.7. The van der Waals surface area contributed by atoms with E-state index in [1.165, 1.54) is 19.2 Å². The van der Waals surface area contributed by atoms with Crippen LogP contribution in [0.25, 0.3) is 0 Å². The molecule has 110 valence electrons. The molecule has 1 amide bonds. The maximum atomic E-state index is 12.2. The largest absolute Gasteiger partial charge is 0.508 e. The molecule has 0 aliphatic carbocycles. The highest BCUT2D eigenvalue weighted by molar-refractivity contribution is 6.05. The lowest BCUT2D eigenvalue weighted by Crippen LogP contribution is -2.12. The fraction of sp³-hybridized carbons (Fsp3) is 0.188. The third-order valence-corrected chi connectivity index (χ3v) is 3.23. The van der Waals surface area contributed by atoms with E-state index < -0.39 is 0 Å². The molecule has 0 atom stereocenters. The first-order valence-electron chi connectivity index (χ1n) is 6.41. The molecule has 2 aromatic rings. The Morgan fingerprint density at radius 1 is 1.05 bits per heavy atom. The Balaban J connectivity index is 2.26. The van der Waals surface area contributed by atoms with Crippen molar-refractivity contribution < 1.29 is 19.7 Å². The number of aryl methyl sites for hydroxylation is 2. The average Bonchev–Trinajstić information content (AvgIpc) is 2.44. The van der Waals surface area contributed by atoms with Crippen molar-refractivity contribution in [3.05, 3.63) is 47.0 Å². The average molecular weight is 287 g/mol. The van der Waals surface area contributed by atoms with Crippen LogP contribution in [0.15, 0.2) is 30.3 Å². The van der Waals surface area contributed by atoms with Crippen LogP contribution in [-0.4, -0.2) is 23.2 Å². The van der Waals surface area contributed by atoms with Gasteiger partial charge in [-0.25, -0.2) is 0 Å². The van der Waals surface area contributed by atoms with Gasteiger partial charge >= 0.3 is 0 Å². The number of phenolic OH excluding ortho intramolecular Hbond substituents is 2. The third kappa shape index (κ3) is 3.08. The molecule has 0 saturated carbocycles. The molecule has 21 heavy (non-hydrogen) atoms. The quantitative estimate of drug-likeness (QED) is 0.758. The lowest BCUT2D eigenvalue weighted by atomic mass is 10.1. The molecule has 0 saturated heterocycles. The highest BCUT2D eigenvalue weighted by Crippen LogP contribution is 2.28. The number of hydrogen-bond donors (Lipinski definition) is 3. The van der Waals surface area contributed by atoms with Crippen molar-refractivity contribution in [1.29, 1.82) is 0 Å². The van der Waals surface area contributed by atoms with Gasteiger partial charge < -0.3 is 20.3 Å². The summed E-state index contributed by atoms with van der Waals surface area (Å²) in [5, 5.41) is 22.1. The molecular weight excluding hydrogens is 270 g/mol. The zero-order valence-corrected chi connectivity index (χ0v) is 12.1. The summed E-state index contributed by atoms with van der Waals surface area (Å²) < 4.78 is 4.94. The summed E-state index contributed by atoms with van der Waals surface area (Å²) in [4.78, 5) is 12.2. The van der Waals surface area contributed by atoms with Gasteiger partial charge in [-0.05, 0) is 55.3 Å². The summed E-state index contributed by atoms with van der Waals surface area (Å²) in [5.41, 5.74) is 2.36. The lowest BCUT2D eigenvalue weighted by Gasteiger charge is -2.11. The Morgan fingerprint density at radius 2 is 1.76 bits per heavy atom. The number of phenols is 2. The predicted molar refractivity (Wildman–Crippen MR) is 80.2 cm³/mol. The number of anilines is 1. The number of ether oxygens (including phenoxy) is 1. The zero-order chi connectivity index (χ0) is 15.6. The van der Waals surface area contributed by atoms with Crippen molar-refractivity contribution >= 4 is 11.6 Å². The Kier molecular flexibility index (Phi) is 4.03. The standard InChI is InChI=1S/C16H17NO4/c1-9-7-13(18)10(2)6-12(9)17-16(20)11-4-5-15(21-3)14(19)8-11/h4-8,18-19H,1-3H3,(H,17,20). The van der Waals surface area contributed by atoms with Gasteiger partial charge in [0.25, 0.3) is 5.91 Å². The van der Waals surface area contributed by atoms with Gasteiger partial charge in [0.1, 0.15) is 5.75 Å². The second kappa shape index (κ2) is 5.75. The van der Waals surface area contributed by atoms with E-state index in [0.717, 1.165) is 5.56 Å². The number of hydrogen-bond acceptors (Lipinski definition) is 4. The SMILES string of the molecule is COc1ccc(C(=O)Nc2cc(C)c(O)cc2C)cc1O. The Morgan fingerprint density at radius 3 is 2.38 bits per heavy atom. The number of amides is 1. The molecule has 0 unspecified atom stereocenters. The minimum atomic E-state index is -0.346. The van der Waals surface area contributed by atoms with Crippen molar-refractivity contribution in [1.82, 2.24) is 0 Å². The number of carbonyl (C=O) groups excluding carboxylic acids is 1. The van der Waals surface area contributed by atoms with Gasteiger partial charge in [-0.2, -0.15) is 0 Å². The molecule has 0 aliphatic rings. The predicted octanol–water partition coefficient (Wildman–Crippen LogP) is 2.98. The van der Waals surface area contributed by atoms with Crippen LogP contribution in [0.3, 0.4) is 0 Å². The second-order valence-corrected chi connectivity index (χ2v) is 4.79. The van der Waals surface area contributed by atoms with Gasteiger partial charge in [0.05, 0.1) is 7.11 Å². The molecule has 0 fully saturated rings. The molecule has 0 radical (unpaired) electrons. The number of nitrogens with one attached hydrogen (secondary N) is 1. The molecule has 3 N–H and O–H groups in total. The topological polar surface area (TPSA) is 78.8 Å². The van der Waals surface area contributed by atoms with Crippen molar-refractivity contribution in [2.75, 3.05) is 12.4 Å². The van der Waals surface area contributed by atoms with E-state index >= 15 is 0 Å². The molecule has 2 aromatic carbocycles. The number of methoxy groups -OCH3 is 1. The molecule has 5 nitrogen and oxygen atoms in total. The first-order valence-corrected chi connectivity index (χ1v) is 6.41. The van der Waals surface area contributed by atoms with Crippen molar-refractivity contribution in [3.63, 3.8) is 0 Å². The van der Waals surface area contributed by atoms with Crippen molar-refractivity contribution in [3.8, 4) is 17.2 Å². The molecule has 0 heterocycles. The normalized spacial score (nSPS) is 10.2. The van der Waals surface area contributed by atoms with E-state index in [0.29, 0.717) is 22.6 Å². The maximum Gasteiger partial charge on any atom is 0.255 e. The van der Waals surface area contributed by atoms with Crippen LogP contribution in [0.2, 0.25) is 0 Å². The third-order valence-electron chi connectivity index (χ3n) is 3.23. The summed E-state index contributed by atoms with van der Waals surface area (Å²) in [6.07, 6.45) is 0. The summed E-state index contributed by atoms with van der Waals surface area (Å²) in [6.45, 7) is 3.55. The van der Waals surface area contributed by atoms with Crippen molar-refractivity contribution in [2.45, 2.75) is 13.8 Å². The molecule has 5 heteroatoms. The monoisotopic (exact) mass is 287 g/mol. The van der Waals surface area contributed by atoms with E-state index in [-0.39, 0.29) is 17.4 Å². The van der Waals surface area contributed by atoms with Crippen LogP contribution >= 0.6 is 0 Å². The molecule has 0 aliphatic heterocycles. The van der Waals surface area contributed by atoms with Crippen LogP contribution in [-0.2, 0) is 0 Å².